The smallest absolute Gasteiger partial charge is 0.169 e. The minimum Gasteiger partial charge on any atom is -0.748 e. The highest BCUT2D eigenvalue weighted by Crippen LogP contribution is 2.32. The molecule has 0 saturated heterocycles. The summed E-state index contributed by atoms with van der Waals surface area (Å²) in [6, 6.07) is 11.7. The predicted molar refractivity (Wildman–Crippen MR) is 98.9 cm³/mol. The lowest BCUT2D eigenvalue weighted by Gasteiger charge is -2.04. The van der Waals surface area contributed by atoms with Crippen molar-refractivity contribution in [1.82, 2.24) is 4.98 Å². The van der Waals surface area contributed by atoms with Gasteiger partial charge in [-0.2, -0.15) is 0 Å². The summed E-state index contributed by atoms with van der Waals surface area (Å²) in [5.41, 5.74) is 2.07. The van der Waals surface area contributed by atoms with Crippen molar-refractivity contribution in [3.8, 4) is 26.8 Å². The van der Waals surface area contributed by atoms with Gasteiger partial charge in [0.15, 0.2) is 12.4 Å². The van der Waals surface area contributed by atoms with Gasteiger partial charge in [0.2, 0.25) is 0 Å². The van der Waals surface area contributed by atoms with E-state index in [0.29, 0.717) is 13.0 Å². The van der Waals surface area contributed by atoms with Crippen molar-refractivity contribution in [3.05, 3.63) is 55.0 Å². The van der Waals surface area contributed by atoms with Crippen LogP contribution < -0.4 is 9.30 Å². The largest absolute Gasteiger partial charge is 0.748 e. The van der Waals surface area contributed by atoms with Gasteiger partial charge in [-0.1, -0.05) is 0 Å². The van der Waals surface area contributed by atoms with E-state index < -0.39 is 10.1 Å². The normalized spacial score (nSPS) is 11.5. The van der Waals surface area contributed by atoms with Crippen LogP contribution in [0.15, 0.2) is 55.0 Å². The molecule has 136 valence electrons. The molecule has 0 bridgehead atoms. The molecule has 3 aromatic rings. The van der Waals surface area contributed by atoms with Gasteiger partial charge in [0.1, 0.15) is 17.3 Å². The molecule has 3 rings (SSSR count). The van der Waals surface area contributed by atoms with E-state index in [0.717, 1.165) is 26.8 Å². The Kier molecular flexibility index (Phi) is 5.65. The van der Waals surface area contributed by atoms with Crippen LogP contribution in [0.25, 0.3) is 21.0 Å². The molecule has 0 atom stereocenters. The van der Waals surface area contributed by atoms with E-state index in [-0.39, 0.29) is 5.75 Å². The van der Waals surface area contributed by atoms with Crippen LogP contribution in [-0.4, -0.2) is 30.8 Å². The average molecular weight is 390 g/mol. The van der Waals surface area contributed by atoms with E-state index >= 15 is 0 Å². The van der Waals surface area contributed by atoms with Gasteiger partial charge >= 0.3 is 0 Å². The molecule has 0 N–H and O–H groups in total. The third-order valence-electron chi connectivity index (χ3n) is 3.83. The van der Waals surface area contributed by atoms with E-state index in [1.165, 1.54) is 0 Å². The summed E-state index contributed by atoms with van der Waals surface area (Å²) in [6.07, 6.45) is 5.87. The number of rotatable bonds is 7. The van der Waals surface area contributed by atoms with Crippen LogP contribution in [-0.2, 0) is 16.7 Å². The second-order valence-electron chi connectivity index (χ2n) is 5.70. The Hall–Kier alpha value is -2.29. The first-order valence-corrected chi connectivity index (χ1v) is 10.4. The molecule has 0 unspecified atom stereocenters. The van der Waals surface area contributed by atoms with E-state index in [2.05, 4.69) is 4.98 Å². The zero-order chi connectivity index (χ0) is 18.6. The fourth-order valence-electron chi connectivity index (χ4n) is 2.47. The molecule has 2 aromatic heterocycles. The van der Waals surface area contributed by atoms with E-state index in [1.54, 1.807) is 18.4 Å². The first kappa shape index (κ1) is 18.5. The average Bonchev–Trinajstić information content (AvgIpc) is 3.11. The molecule has 1 aromatic carbocycles. The maximum atomic E-state index is 10.6. The molecule has 26 heavy (non-hydrogen) atoms. The summed E-state index contributed by atoms with van der Waals surface area (Å²) >= 11 is 1.60. The van der Waals surface area contributed by atoms with Crippen LogP contribution in [0.3, 0.4) is 0 Å². The molecule has 0 saturated carbocycles. The van der Waals surface area contributed by atoms with Gasteiger partial charge in [0.05, 0.1) is 22.1 Å². The van der Waals surface area contributed by atoms with Crippen LogP contribution in [0.1, 0.15) is 6.42 Å². The fraction of sp³-hybridized carbons (Fsp3) is 0.222. The van der Waals surface area contributed by atoms with Gasteiger partial charge in [-0.3, -0.25) is 0 Å². The summed E-state index contributed by atoms with van der Waals surface area (Å²) < 4.78 is 38.9. The second-order valence-corrected chi connectivity index (χ2v) is 8.25. The molecule has 0 aliphatic carbocycles. The Morgan fingerprint density at radius 2 is 1.81 bits per heavy atom. The predicted octanol–water partition coefficient (Wildman–Crippen LogP) is 2.71. The van der Waals surface area contributed by atoms with Crippen LogP contribution >= 0.6 is 11.3 Å². The molecule has 0 aliphatic rings. The van der Waals surface area contributed by atoms with Crippen molar-refractivity contribution in [2.24, 2.45) is 0 Å². The number of ether oxygens (including phenoxy) is 1. The SMILES string of the molecule is COc1ccc(-c2cnc(-c3cc[n+](CCCS(=O)(=O)[O-])cc3)s2)cc1. The van der Waals surface area contributed by atoms with Crippen LogP contribution in [0.2, 0.25) is 0 Å². The highest BCUT2D eigenvalue weighted by Gasteiger charge is 2.09. The van der Waals surface area contributed by atoms with Crippen LogP contribution in [0, 0.1) is 0 Å². The Labute approximate surface area is 156 Å². The van der Waals surface area contributed by atoms with Crippen molar-refractivity contribution < 1.29 is 22.3 Å². The van der Waals surface area contributed by atoms with E-state index in [1.807, 2.05) is 59.6 Å². The zero-order valence-electron chi connectivity index (χ0n) is 14.2. The highest BCUT2D eigenvalue weighted by atomic mass is 32.2. The standard InChI is InChI=1S/C18H18N2O4S2/c1-24-16-5-3-14(4-6-16)17-13-19-18(25-17)15-7-10-20(11-8-15)9-2-12-26(21,22)23/h3-8,10-11,13H,2,9,12H2,1H3. The first-order chi connectivity index (χ1) is 12.4. The summed E-state index contributed by atoms with van der Waals surface area (Å²) in [5, 5.41) is 0.908. The number of hydrogen-bond donors (Lipinski definition) is 0. The van der Waals surface area contributed by atoms with E-state index in [9.17, 15) is 13.0 Å². The number of aryl methyl sites for hydroxylation is 1. The molecule has 0 aliphatic heterocycles. The molecule has 0 radical (unpaired) electrons. The van der Waals surface area contributed by atoms with Gasteiger partial charge < -0.3 is 9.29 Å². The zero-order valence-corrected chi connectivity index (χ0v) is 15.8. The number of pyridine rings is 1. The number of methoxy groups -OCH3 is 1. The monoisotopic (exact) mass is 390 g/mol. The quantitative estimate of drug-likeness (QED) is 0.457. The molecule has 0 fully saturated rings. The second kappa shape index (κ2) is 7.94. The van der Waals surface area contributed by atoms with Gasteiger partial charge in [-0.15, -0.1) is 11.3 Å². The maximum absolute atomic E-state index is 10.6. The van der Waals surface area contributed by atoms with Gasteiger partial charge in [0, 0.05) is 36.1 Å². The molecule has 6 nitrogen and oxygen atoms in total. The highest BCUT2D eigenvalue weighted by molar-refractivity contribution is 7.85. The lowest BCUT2D eigenvalue weighted by atomic mass is 10.2. The van der Waals surface area contributed by atoms with Crippen molar-refractivity contribution in [2.45, 2.75) is 13.0 Å². The summed E-state index contributed by atoms with van der Waals surface area (Å²) in [4.78, 5) is 5.56. The first-order valence-electron chi connectivity index (χ1n) is 7.98. The summed E-state index contributed by atoms with van der Waals surface area (Å²) in [6.45, 7) is 0.483. The number of nitrogens with zero attached hydrogens (tertiary/aromatic N) is 2. The molecule has 2 heterocycles. The van der Waals surface area contributed by atoms with Gasteiger partial charge in [0.25, 0.3) is 0 Å². The minimum atomic E-state index is -4.15. The molecular weight excluding hydrogens is 372 g/mol. The van der Waals surface area contributed by atoms with Crippen molar-refractivity contribution in [2.75, 3.05) is 12.9 Å². The Bertz CT molecular complexity index is 965. The lowest BCUT2D eigenvalue weighted by Crippen LogP contribution is -2.33. The van der Waals surface area contributed by atoms with Crippen molar-refractivity contribution in [3.63, 3.8) is 0 Å². The van der Waals surface area contributed by atoms with E-state index in [4.69, 9.17) is 4.74 Å². The molecule has 0 amide bonds. The van der Waals surface area contributed by atoms with Crippen LogP contribution in [0.5, 0.6) is 5.75 Å². The minimum absolute atomic E-state index is 0.300. The summed E-state index contributed by atoms with van der Waals surface area (Å²) in [5.74, 6) is 0.468. The third-order valence-corrected chi connectivity index (χ3v) is 5.71. The third kappa shape index (κ3) is 4.87. The van der Waals surface area contributed by atoms with Gasteiger partial charge in [-0.05, 0) is 29.8 Å². The lowest BCUT2D eigenvalue weighted by molar-refractivity contribution is -0.696. The fourth-order valence-corrected chi connectivity index (χ4v) is 3.88. The number of thiazole rings is 1. The number of aromatic nitrogens is 2. The Morgan fingerprint density at radius 1 is 1.12 bits per heavy atom. The van der Waals surface area contributed by atoms with Crippen molar-refractivity contribution >= 4 is 21.5 Å². The molecule has 0 spiro atoms. The Morgan fingerprint density at radius 3 is 2.42 bits per heavy atom. The van der Waals surface area contributed by atoms with Crippen LogP contribution in [0.4, 0.5) is 0 Å². The molecular formula is C18H18N2O4S2. The topological polar surface area (TPSA) is 83.2 Å². The molecule has 8 heteroatoms. The van der Waals surface area contributed by atoms with Crippen molar-refractivity contribution in [1.29, 1.82) is 0 Å². The van der Waals surface area contributed by atoms with Gasteiger partial charge in [-0.25, -0.2) is 18.0 Å². The maximum Gasteiger partial charge on any atom is 0.169 e. The number of benzene rings is 1. The number of hydrogen-bond acceptors (Lipinski definition) is 6. The summed E-state index contributed by atoms with van der Waals surface area (Å²) in [7, 11) is -2.51. The Balaban J connectivity index is 1.68.